The number of methoxy groups -OCH3 is 2. The Labute approximate surface area is 146 Å². The SMILES string of the molecule is COC(=O)Cc1nc2oc3ccc(Cl)cc3c(=O)c2cc1C(=O)OC. The van der Waals surface area contributed by atoms with Gasteiger partial charge in [-0.05, 0) is 24.3 Å². The second kappa shape index (κ2) is 6.52. The molecule has 2 aromatic heterocycles. The Bertz CT molecular complexity index is 1070. The van der Waals surface area contributed by atoms with Crippen molar-refractivity contribution in [2.75, 3.05) is 14.2 Å². The number of pyridine rings is 1. The molecule has 0 aliphatic heterocycles. The summed E-state index contributed by atoms with van der Waals surface area (Å²) < 4.78 is 14.9. The van der Waals surface area contributed by atoms with Crippen LogP contribution in [0.25, 0.3) is 22.1 Å². The Kier molecular flexibility index (Phi) is 4.41. The third kappa shape index (κ3) is 3.06. The molecule has 0 aliphatic carbocycles. The van der Waals surface area contributed by atoms with Gasteiger partial charge in [0.25, 0.3) is 0 Å². The normalized spacial score (nSPS) is 10.8. The van der Waals surface area contributed by atoms with Crippen molar-refractivity contribution in [2.24, 2.45) is 0 Å². The van der Waals surface area contributed by atoms with Crippen LogP contribution in [-0.2, 0) is 20.7 Å². The van der Waals surface area contributed by atoms with E-state index in [0.717, 1.165) is 0 Å². The van der Waals surface area contributed by atoms with E-state index in [9.17, 15) is 14.4 Å². The van der Waals surface area contributed by atoms with Gasteiger partial charge in [-0.2, -0.15) is 0 Å². The van der Waals surface area contributed by atoms with Crippen molar-refractivity contribution in [2.45, 2.75) is 6.42 Å². The minimum Gasteiger partial charge on any atom is -0.469 e. The summed E-state index contributed by atoms with van der Waals surface area (Å²) >= 11 is 5.92. The topological polar surface area (TPSA) is 95.7 Å². The van der Waals surface area contributed by atoms with E-state index >= 15 is 0 Å². The maximum Gasteiger partial charge on any atom is 0.339 e. The van der Waals surface area contributed by atoms with E-state index in [1.807, 2.05) is 0 Å². The average molecular weight is 362 g/mol. The molecule has 1 aromatic carbocycles. The zero-order chi connectivity index (χ0) is 18.1. The molecule has 0 unspecified atom stereocenters. The number of hydrogen-bond acceptors (Lipinski definition) is 7. The van der Waals surface area contributed by atoms with Crippen LogP contribution in [0.4, 0.5) is 0 Å². The summed E-state index contributed by atoms with van der Waals surface area (Å²) in [5.41, 5.74) is 0.00776. The van der Waals surface area contributed by atoms with Crippen molar-refractivity contribution < 1.29 is 23.5 Å². The summed E-state index contributed by atoms with van der Waals surface area (Å²) in [6.07, 6.45) is -0.265. The zero-order valence-electron chi connectivity index (χ0n) is 13.3. The lowest BCUT2D eigenvalue weighted by Crippen LogP contribution is -2.15. The molecule has 0 aliphatic rings. The summed E-state index contributed by atoms with van der Waals surface area (Å²) in [4.78, 5) is 40.4. The number of nitrogens with zero attached hydrogens (tertiary/aromatic N) is 1. The lowest BCUT2D eigenvalue weighted by Gasteiger charge is -2.08. The monoisotopic (exact) mass is 361 g/mol. The summed E-state index contributed by atoms with van der Waals surface area (Å²) in [5, 5.41) is 0.727. The molecule has 128 valence electrons. The van der Waals surface area contributed by atoms with Crippen molar-refractivity contribution in [1.82, 2.24) is 4.98 Å². The fourth-order valence-corrected chi connectivity index (χ4v) is 2.59. The van der Waals surface area contributed by atoms with Gasteiger partial charge in [0.2, 0.25) is 11.1 Å². The summed E-state index contributed by atoms with van der Waals surface area (Å²) in [5.74, 6) is -1.31. The number of carbonyl (C=O) groups excluding carboxylic acids is 2. The molecule has 0 N–H and O–H groups in total. The summed E-state index contributed by atoms with van der Waals surface area (Å²) in [7, 11) is 2.41. The number of hydrogen-bond donors (Lipinski definition) is 0. The molecule has 8 heteroatoms. The molecule has 2 heterocycles. The third-order valence-corrected chi connectivity index (χ3v) is 3.88. The number of fused-ring (bicyclic) bond motifs is 2. The van der Waals surface area contributed by atoms with Crippen molar-refractivity contribution in [1.29, 1.82) is 0 Å². The summed E-state index contributed by atoms with van der Waals surface area (Å²) in [6, 6.07) is 5.91. The average Bonchev–Trinajstić information content (AvgIpc) is 2.61. The van der Waals surface area contributed by atoms with Crippen LogP contribution in [0.1, 0.15) is 16.1 Å². The lowest BCUT2D eigenvalue weighted by atomic mass is 10.1. The van der Waals surface area contributed by atoms with Crippen LogP contribution in [0.5, 0.6) is 0 Å². The highest BCUT2D eigenvalue weighted by molar-refractivity contribution is 6.31. The van der Waals surface area contributed by atoms with Gasteiger partial charge in [-0.3, -0.25) is 9.59 Å². The highest BCUT2D eigenvalue weighted by Gasteiger charge is 2.20. The Hall–Kier alpha value is -2.93. The van der Waals surface area contributed by atoms with Gasteiger partial charge in [-0.1, -0.05) is 11.6 Å². The van der Waals surface area contributed by atoms with E-state index in [-0.39, 0.29) is 39.6 Å². The van der Waals surface area contributed by atoms with Gasteiger partial charge in [0.05, 0.1) is 42.7 Å². The maximum absolute atomic E-state index is 12.7. The molecule has 0 amide bonds. The van der Waals surface area contributed by atoms with Gasteiger partial charge in [0.15, 0.2) is 0 Å². The molecular formula is C17H12ClNO6. The number of ether oxygens (including phenoxy) is 2. The van der Waals surface area contributed by atoms with Gasteiger partial charge in [0.1, 0.15) is 5.58 Å². The predicted molar refractivity (Wildman–Crippen MR) is 89.9 cm³/mol. The first-order chi connectivity index (χ1) is 11.9. The number of carbonyl (C=O) groups is 2. The zero-order valence-corrected chi connectivity index (χ0v) is 14.0. The van der Waals surface area contributed by atoms with Crippen molar-refractivity contribution in [3.8, 4) is 0 Å². The molecule has 0 bridgehead atoms. The van der Waals surface area contributed by atoms with E-state index in [2.05, 4.69) is 9.72 Å². The van der Waals surface area contributed by atoms with Crippen molar-refractivity contribution >= 4 is 45.6 Å². The van der Waals surface area contributed by atoms with Gasteiger partial charge in [-0.25, -0.2) is 9.78 Å². The molecule has 3 aromatic rings. The highest BCUT2D eigenvalue weighted by atomic mass is 35.5. The van der Waals surface area contributed by atoms with Gasteiger partial charge in [-0.15, -0.1) is 0 Å². The minimum absolute atomic E-state index is 0.00548. The molecule has 0 fully saturated rings. The maximum atomic E-state index is 12.7. The van der Waals surface area contributed by atoms with E-state index in [4.69, 9.17) is 20.8 Å². The molecule has 0 radical (unpaired) electrons. The Morgan fingerprint density at radius 3 is 2.60 bits per heavy atom. The Morgan fingerprint density at radius 1 is 1.16 bits per heavy atom. The minimum atomic E-state index is -0.723. The largest absolute Gasteiger partial charge is 0.469 e. The van der Waals surface area contributed by atoms with Gasteiger partial charge < -0.3 is 13.9 Å². The van der Waals surface area contributed by atoms with Crippen LogP contribution in [0.2, 0.25) is 5.02 Å². The number of esters is 2. The first-order valence-electron chi connectivity index (χ1n) is 7.15. The Balaban J connectivity index is 2.34. The van der Waals surface area contributed by atoms with Crippen LogP contribution in [0.3, 0.4) is 0 Å². The highest BCUT2D eigenvalue weighted by Crippen LogP contribution is 2.23. The van der Waals surface area contributed by atoms with Crippen LogP contribution < -0.4 is 5.43 Å². The number of halogens is 1. The van der Waals surface area contributed by atoms with E-state index < -0.39 is 11.9 Å². The smallest absolute Gasteiger partial charge is 0.339 e. The first-order valence-corrected chi connectivity index (χ1v) is 7.53. The van der Waals surface area contributed by atoms with E-state index in [1.165, 1.54) is 26.4 Å². The lowest BCUT2D eigenvalue weighted by molar-refractivity contribution is -0.139. The molecule has 0 atom stereocenters. The molecule has 7 nitrogen and oxygen atoms in total. The molecule has 0 spiro atoms. The van der Waals surface area contributed by atoms with Crippen molar-refractivity contribution in [3.63, 3.8) is 0 Å². The first kappa shape index (κ1) is 16.9. The fraction of sp³-hybridized carbons (Fsp3) is 0.176. The molecule has 25 heavy (non-hydrogen) atoms. The second-order valence-corrected chi connectivity index (χ2v) is 5.59. The summed E-state index contributed by atoms with van der Waals surface area (Å²) in [6.45, 7) is 0. The number of rotatable bonds is 3. The van der Waals surface area contributed by atoms with Gasteiger partial charge >= 0.3 is 11.9 Å². The quantitative estimate of drug-likeness (QED) is 0.522. The van der Waals surface area contributed by atoms with Crippen LogP contribution in [0, 0.1) is 0 Å². The molecular weight excluding hydrogens is 350 g/mol. The molecule has 0 saturated carbocycles. The van der Waals surface area contributed by atoms with Crippen LogP contribution >= 0.6 is 11.6 Å². The Morgan fingerprint density at radius 2 is 1.92 bits per heavy atom. The second-order valence-electron chi connectivity index (χ2n) is 5.15. The van der Waals surface area contributed by atoms with Crippen LogP contribution in [-0.4, -0.2) is 31.1 Å². The van der Waals surface area contributed by atoms with Crippen LogP contribution in [0.15, 0.2) is 33.5 Å². The van der Waals surface area contributed by atoms with Gasteiger partial charge in [0, 0.05) is 5.02 Å². The molecule has 0 saturated heterocycles. The fourth-order valence-electron chi connectivity index (χ4n) is 2.42. The number of benzene rings is 1. The predicted octanol–water partition coefficient (Wildman–Crippen LogP) is 2.50. The van der Waals surface area contributed by atoms with E-state index in [1.54, 1.807) is 12.1 Å². The number of aromatic nitrogens is 1. The molecule has 3 rings (SSSR count). The standard InChI is InChI=1S/C17H12ClNO6/c1-23-14(20)7-12-9(17(22)24-2)6-11-15(21)10-5-8(18)3-4-13(10)25-16(11)19-12/h3-6H,7H2,1-2H3. The third-order valence-electron chi connectivity index (χ3n) is 3.65. The van der Waals surface area contributed by atoms with Crippen molar-refractivity contribution in [3.05, 3.63) is 50.8 Å². The van der Waals surface area contributed by atoms with E-state index in [0.29, 0.717) is 10.6 Å².